The van der Waals surface area contributed by atoms with Crippen LogP contribution in [0.5, 0.6) is 0 Å². The second kappa shape index (κ2) is 5.93. The maximum atomic E-state index is 11.8. The van der Waals surface area contributed by atoms with Crippen molar-refractivity contribution < 1.29 is 18.0 Å². The largest absolute Gasteiger partial charge is 0.405 e. The van der Waals surface area contributed by atoms with E-state index in [1.165, 1.54) is 0 Å². The minimum absolute atomic E-state index is 0.156. The molecule has 0 fully saturated rings. The summed E-state index contributed by atoms with van der Waals surface area (Å²) in [6, 6.07) is -0.853. The van der Waals surface area contributed by atoms with Gasteiger partial charge in [-0.05, 0) is 12.8 Å². The van der Waals surface area contributed by atoms with Crippen molar-refractivity contribution >= 4 is 6.03 Å². The third-order valence-electron chi connectivity index (χ3n) is 2.46. The van der Waals surface area contributed by atoms with Gasteiger partial charge in [0, 0.05) is 12.1 Å². The van der Waals surface area contributed by atoms with E-state index in [-0.39, 0.29) is 6.54 Å². The number of hydrogen-bond donors (Lipinski definition) is 3. The van der Waals surface area contributed by atoms with Crippen LogP contribution in [0.4, 0.5) is 18.0 Å². The van der Waals surface area contributed by atoms with Crippen LogP contribution in [0.15, 0.2) is 0 Å². The topological polar surface area (TPSA) is 67.1 Å². The molecule has 0 aliphatic carbocycles. The molecule has 0 atom stereocenters. The Morgan fingerprint density at radius 1 is 1.12 bits per heavy atom. The number of nitrogens with one attached hydrogen (secondary N) is 2. The number of rotatable bonds is 5. The number of amides is 2. The van der Waals surface area contributed by atoms with Crippen LogP contribution < -0.4 is 16.4 Å². The van der Waals surface area contributed by atoms with Crippen molar-refractivity contribution in [1.29, 1.82) is 0 Å². The van der Waals surface area contributed by atoms with Crippen molar-refractivity contribution in [2.24, 2.45) is 5.73 Å². The maximum Gasteiger partial charge on any atom is 0.405 e. The third-order valence-corrected chi connectivity index (χ3v) is 2.46. The lowest BCUT2D eigenvalue weighted by Gasteiger charge is -2.26. The Morgan fingerprint density at radius 2 is 1.56 bits per heavy atom. The quantitative estimate of drug-likeness (QED) is 0.680. The average molecular weight is 241 g/mol. The van der Waals surface area contributed by atoms with Crippen LogP contribution in [0.3, 0.4) is 0 Å². The molecule has 0 aromatic heterocycles. The molecule has 0 aliphatic heterocycles. The van der Waals surface area contributed by atoms with E-state index in [4.69, 9.17) is 5.73 Å². The molecule has 16 heavy (non-hydrogen) atoms. The van der Waals surface area contributed by atoms with Crippen LogP contribution >= 0.6 is 0 Å². The lowest BCUT2D eigenvalue weighted by atomic mass is 9.94. The highest BCUT2D eigenvalue weighted by molar-refractivity contribution is 5.73. The molecule has 0 bridgehead atoms. The van der Waals surface area contributed by atoms with Crippen molar-refractivity contribution in [3.05, 3.63) is 0 Å². The molecule has 0 aliphatic rings. The summed E-state index contributed by atoms with van der Waals surface area (Å²) in [5.74, 6) is 0. The number of hydrogen-bond acceptors (Lipinski definition) is 2. The number of nitrogens with two attached hydrogens (primary N) is 1. The molecule has 7 heteroatoms. The molecule has 0 heterocycles. The van der Waals surface area contributed by atoms with Crippen LogP contribution in [-0.2, 0) is 0 Å². The van der Waals surface area contributed by atoms with E-state index >= 15 is 0 Å². The molecule has 0 unspecified atom stereocenters. The molecule has 96 valence electrons. The predicted molar refractivity (Wildman–Crippen MR) is 55.0 cm³/mol. The number of carbonyl (C=O) groups is 1. The molecule has 4 nitrogen and oxygen atoms in total. The summed E-state index contributed by atoms with van der Waals surface area (Å²) in [5.41, 5.74) is 5.30. The lowest BCUT2D eigenvalue weighted by Crippen LogP contribution is -2.52. The fourth-order valence-electron chi connectivity index (χ4n) is 0.999. The highest BCUT2D eigenvalue weighted by Crippen LogP contribution is 2.12. The maximum absolute atomic E-state index is 11.8. The van der Waals surface area contributed by atoms with E-state index in [0.717, 1.165) is 0 Å². The zero-order chi connectivity index (χ0) is 12.8. The molecule has 0 aromatic carbocycles. The molecule has 2 amide bonds. The first-order chi connectivity index (χ1) is 7.22. The first-order valence-electron chi connectivity index (χ1n) is 5.10. The summed E-state index contributed by atoms with van der Waals surface area (Å²) >= 11 is 0. The summed E-state index contributed by atoms with van der Waals surface area (Å²) in [5, 5.41) is 4.04. The SMILES string of the molecule is CCC(N)(CC)CNC(=O)NCC(F)(F)F. The summed E-state index contributed by atoms with van der Waals surface area (Å²) in [7, 11) is 0. The van der Waals surface area contributed by atoms with E-state index in [9.17, 15) is 18.0 Å². The number of urea groups is 1. The summed E-state index contributed by atoms with van der Waals surface area (Å²) < 4.78 is 35.3. The van der Waals surface area contributed by atoms with Crippen LogP contribution in [0.25, 0.3) is 0 Å². The number of alkyl halides is 3. The zero-order valence-electron chi connectivity index (χ0n) is 9.45. The second-order valence-corrected chi connectivity index (χ2v) is 3.72. The molecule has 0 rings (SSSR count). The van der Waals surface area contributed by atoms with Gasteiger partial charge in [0.05, 0.1) is 0 Å². The molecular formula is C9H18F3N3O. The van der Waals surface area contributed by atoms with Crippen molar-refractivity contribution in [1.82, 2.24) is 10.6 Å². The van der Waals surface area contributed by atoms with Gasteiger partial charge in [-0.15, -0.1) is 0 Å². The Balaban J connectivity index is 3.90. The lowest BCUT2D eigenvalue weighted by molar-refractivity contribution is -0.122. The Morgan fingerprint density at radius 3 is 1.94 bits per heavy atom. The van der Waals surface area contributed by atoms with Gasteiger partial charge in [-0.3, -0.25) is 0 Å². The van der Waals surface area contributed by atoms with E-state index in [0.29, 0.717) is 12.8 Å². The first kappa shape index (κ1) is 15.0. The standard InChI is InChI=1S/C9H18F3N3O/c1-3-8(13,4-2)5-14-7(16)15-6-9(10,11)12/h3-6,13H2,1-2H3,(H2,14,15,16). The van der Waals surface area contributed by atoms with Crippen molar-refractivity contribution in [3.8, 4) is 0 Å². The normalized spacial score (nSPS) is 12.4. The van der Waals surface area contributed by atoms with E-state index in [1.807, 2.05) is 13.8 Å². The highest BCUT2D eigenvalue weighted by atomic mass is 19.4. The molecule has 0 spiro atoms. The molecule has 0 aromatic rings. The number of halogens is 3. The van der Waals surface area contributed by atoms with E-state index in [2.05, 4.69) is 5.32 Å². The molecule has 0 saturated heterocycles. The fourth-order valence-corrected chi connectivity index (χ4v) is 0.999. The van der Waals surface area contributed by atoms with Gasteiger partial charge in [-0.2, -0.15) is 13.2 Å². The van der Waals surface area contributed by atoms with Gasteiger partial charge < -0.3 is 16.4 Å². The van der Waals surface area contributed by atoms with Crippen LogP contribution in [0, 0.1) is 0 Å². The van der Waals surface area contributed by atoms with Gasteiger partial charge in [0.2, 0.25) is 0 Å². The van der Waals surface area contributed by atoms with Crippen LogP contribution in [-0.4, -0.2) is 30.8 Å². The molecule has 0 saturated carbocycles. The summed E-state index contributed by atoms with van der Waals surface area (Å²) in [4.78, 5) is 11.0. The Hall–Kier alpha value is -0.980. The predicted octanol–water partition coefficient (Wildman–Crippen LogP) is 1.37. The van der Waals surface area contributed by atoms with Gasteiger partial charge in [-0.1, -0.05) is 13.8 Å². The van der Waals surface area contributed by atoms with Gasteiger partial charge in [0.25, 0.3) is 0 Å². The third kappa shape index (κ3) is 6.49. The molecule has 0 radical (unpaired) electrons. The second-order valence-electron chi connectivity index (χ2n) is 3.72. The van der Waals surface area contributed by atoms with Crippen molar-refractivity contribution in [2.75, 3.05) is 13.1 Å². The smallest absolute Gasteiger partial charge is 0.336 e. The highest BCUT2D eigenvalue weighted by Gasteiger charge is 2.28. The van der Waals surface area contributed by atoms with Crippen LogP contribution in [0.1, 0.15) is 26.7 Å². The molecular weight excluding hydrogens is 223 g/mol. The number of carbonyl (C=O) groups excluding carboxylic acids is 1. The summed E-state index contributed by atoms with van der Waals surface area (Å²) in [6.45, 7) is 2.54. The van der Waals surface area contributed by atoms with Gasteiger partial charge in [-0.25, -0.2) is 4.79 Å². The minimum Gasteiger partial charge on any atom is -0.336 e. The summed E-state index contributed by atoms with van der Waals surface area (Å²) in [6.07, 6.45) is -3.11. The first-order valence-corrected chi connectivity index (χ1v) is 5.10. The Kier molecular flexibility index (Phi) is 5.57. The molecule has 4 N–H and O–H groups in total. The van der Waals surface area contributed by atoms with E-state index < -0.39 is 24.3 Å². The van der Waals surface area contributed by atoms with Crippen LogP contribution in [0.2, 0.25) is 0 Å². The monoisotopic (exact) mass is 241 g/mol. The van der Waals surface area contributed by atoms with Gasteiger partial charge in [0.15, 0.2) is 0 Å². The van der Waals surface area contributed by atoms with E-state index in [1.54, 1.807) is 5.32 Å². The van der Waals surface area contributed by atoms with Gasteiger partial charge >= 0.3 is 12.2 Å². The zero-order valence-corrected chi connectivity index (χ0v) is 9.45. The van der Waals surface area contributed by atoms with Crippen molar-refractivity contribution in [3.63, 3.8) is 0 Å². The average Bonchev–Trinajstić information content (AvgIpc) is 2.22. The Bertz CT molecular complexity index is 227. The van der Waals surface area contributed by atoms with Crippen molar-refractivity contribution in [2.45, 2.75) is 38.4 Å². The minimum atomic E-state index is -4.40. The fraction of sp³-hybridized carbons (Fsp3) is 0.889. The van der Waals surface area contributed by atoms with Gasteiger partial charge in [0.1, 0.15) is 6.54 Å². The Labute approximate surface area is 92.8 Å².